The molecule has 0 aliphatic heterocycles. The van der Waals surface area contributed by atoms with Crippen molar-refractivity contribution in [1.29, 1.82) is 5.26 Å². The van der Waals surface area contributed by atoms with Crippen LogP contribution in [0.5, 0.6) is 0 Å². The summed E-state index contributed by atoms with van der Waals surface area (Å²) in [6.45, 7) is 5.35. The van der Waals surface area contributed by atoms with Crippen molar-refractivity contribution in [2.45, 2.75) is 20.8 Å². The van der Waals surface area contributed by atoms with Crippen molar-refractivity contribution in [2.24, 2.45) is 0 Å². The number of hydrogen-bond acceptors (Lipinski definition) is 7. The summed E-state index contributed by atoms with van der Waals surface area (Å²) in [7, 11) is 0. The third-order valence-electron chi connectivity index (χ3n) is 5.28. The lowest BCUT2D eigenvalue weighted by molar-refractivity contribution is 0.0572. The highest BCUT2D eigenvalue weighted by atomic mass is 35.5. The van der Waals surface area contributed by atoms with E-state index in [9.17, 15) is 4.79 Å². The van der Waals surface area contributed by atoms with Gasteiger partial charge in [-0.25, -0.2) is 19.1 Å². The summed E-state index contributed by atoms with van der Waals surface area (Å²) in [5.41, 5.74) is 11.2. The number of anilines is 1. The van der Waals surface area contributed by atoms with Gasteiger partial charge in [0.25, 0.3) is 0 Å². The molecule has 172 valence electrons. The maximum atomic E-state index is 12.3. The number of rotatable bonds is 4. The summed E-state index contributed by atoms with van der Waals surface area (Å²) in [4.78, 5) is 20.0. The van der Waals surface area contributed by atoms with Crippen LogP contribution in [-0.2, 0) is 4.74 Å². The molecule has 10 nitrogen and oxygen atoms in total. The normalized spacial score (nSPS) is 10.7. The number of carbonyl (C=O) groups is 1. The molecule has 3 aromatic heterocycles. The van der Waals surface area contributed by atoms with Crippen molar-refractivity contribution < 1.29 is 9.53 Å². The lowest BCUT2D eigenvalue weighted by Crippen LogP contribution is -2.07. The number of aryl methyl sites for hydroxylation is 2. The number of aromatic amines is 1. The molecule has 0 bridgehead atoms. The Balaban J connectivity index is 1.84. The number of halogens is 1. The summed E-state index contributed by atoms with van der Waals surface area (Å²) < 4.78 is 8.20. The lowest BCUT2D eigenvalue weighted by Gasteiger charge is -2.04. The monoisotopic (exact) mass is 476 g/mol. The van der Waals surface area contributed by atoms with Gasteiger partial charge in [-0.1, -0.05) is 11.6 Å². The van der Waals surface area contributed by atoms with Gasteiger partial charge in [0, 0.05) is 12.3 Å². The molecule has 4 rings (SSSR count). The van der Waals surface area contributed by atoms with E-state index in [1.165, 1.54) is 4.68 Å². The Bertz CT molecular complexity index is 1490. The number of H-pyrrole nitrogens is 1. The Kier molecular flexibility index (Phi) is 6.21. The minimum absolute atomic E-state index is 0.251. The third kappa shape index (κ3) is 4.16. The fourth-order valence-electron chi connectivity index (χ4n) is 3.66. The van der Waals surface area contributed by atoms with Gasteiger partial charge in [0.2, 0.25) is 0 Å². The molecule has 3 heterocycles. The number of nitrogens with two attached hydrogens (primary N) is 1. The van der Waals surface area contributed by atoms with Gasteiger partial charge in [0.05, 0.1) is 39.9 Å². The zero-order valence-corrected chi connectivity index (χ0v) is 19.5. The highest BCUT2D eigenvalue weighted by Crippen LogP contribution is 2.21. The minimum Gasteiger partial charge on any atom is -0.446 e. The van der Waals surface area contributed by atoms with Crippen LogP contribution in [-0.4, -0.2) is 41.6 Å². The van der Waals surface area contributed by atoms with Gasteiger partial charge in [0.15, 0.2) is 11.9 Å². The Hall–Kier alpha value is -4.36. The molecule has 0 saturated carbocycles. The highest BCUT2D eigenvalue weighted by Gasteiger charge is 2.21. The zero-order valence-electron chi connectivity index (χ0n) is 18.7. The molecule has 0 atom stereocenters. The predicted octanol–water partition coefficient (Wildman–Crippen LogP) is 3.79. The van der Waals surface area contributed by atoms with E-state index in [-0.39, 0.29) is 6.07 Å². The second kappa shape index (κ2) is 9.25. The van der Waals surface area contributed by atoms with Crippen LogP contribution in [0.3, 0.4) is 0 Å². The van der Waals surface area contributed by atoms with Crippen molar-refractivity contribution in [2.75, 3.05) is 11.8 Å². The SMILES string of the molecule is Cc1nn(-c2cc(N)[nH]c3c(C)n(-c4ccc(C#N)cc4)nc3ccn2)c(C)c1C(=O)OCCl. The minimum atomic E-state index is -0.557. The number of hydrogen-bond donors (Lipinski definition) is 2. The third-order valence-corrected chi connectivity index (χ3v) is 5.38. The first kappa shape index (κ1) is 22.8. The van der Waals surface area contributed by atoms with Gasteiger partial charge in [-0.05, 0) is 51.1 Å². The quantitative estimate of drug-likeness (QED) is 0.337. The summed E-state index contributed by atoms with van der Waals surface area (Å²) >= 11 is 5.54. The maximum Gasteiger partial charge on any atom is 0.343 e. The molecule has 4 aromatic rings. The second-order valence-electron chi connectivity index (χ2n) is 7.44. The van der Waals surface area contributed by atoms with E-state index < -0.39 is 5.97 Å². The molecule has 0 spiro atoms. The van der Waals surface area contributed by atoms with E-state index in [0.29, 0.717) is 45.2 Å². The topological polar surface area (TPSA) is 140 Å². The van der Waals surface area contributed by atoms with Gasteiger partial charge in [-0.15, -0.1) is 0 Å². The van der Waals surface area contributed by atoms with Crippen molar-refractivity contribution in [3.63, 3.8) is 0 Å². The number of nitrogens with zero attached hydrogens (tertiary/aromatic N) is 6. The number of esters is 1. The Morgan fingerprint density at radius 2 is 1.88 bits per heavy atom. The molecule has 0 amide bonds. The van der Waals surface area contributed by atoms with Crippen LogP contribution in [0.25, 0.3) is 22.5 Å². The molecule has 3 N–H and O–H groups in total. The van der Waals surface area contributed by atoms with Gasteiger partial charge in [0.1, 0.15) is 16.9 Å². The smallest absolute Gasteiger partial charge is 0.343 e. The van der Waals surface area contributed by atoms with Crippen molar-refractivity contribution in [1.82, 2.24) is 29.5 Å². The van der Waals surface area contributed by atoms with E-state index in [4.69, 9.17) is 27.3 Å². The fourth-order valence-corrected chi connectivity index (χ4v) is 3.76. The first-order valence-electron chi connectivity index (χ1n) is 10.2. The zero-order chi connectivity index (χ0) is 24.4. The highest BCUT2D eigenvalue weighted by molar-refractivity contribution is 6.17. The molecule has 0 fully saturated rings. The molecule has 0 unspecified atom stereocenters. The number of carbonyl (C=O) groups excluding carboxylic acids is 1. The molecular formula is C23H21ClN8O2. The van der Waals surface area contributed by atoms with Crippen molar-refractivity contribution in [3.8, 4) is 17.6 Å². The fraction of sp³-hybridized carbons (Fsp3) is 0.174. The first-order chi connectivity index (χ1) is 16.3. The van der Waals surface area contributed by atoms with Crippen LogP contribution in [0, 0.1) is 32.1 Å². The van der Waals surface area contributed by atoms with Crippen molar-refractivity contribution >= 4 is 34.4 Å². The van der Waals surface area contributed by atoms with E-state index >= 15 is 0 Å². The van der Waals surface area contributed by atoms with Gasteiger partial charge >= 0.3 is 5.97 Å². The van der Waals surface area contributed by atoms with Crippen LogP contribution in [0.4, 0.5) is 5.82 Å². The number of benzene rings is 1. The summed E-state index contributed by atoms with van der Waals surface area (Å²) in [5, 5.41) is 18.1. The number of nitriles is 1. The summed E-state index contributed by atoms with van der Waals surface area (Å²) in [6, 6.07) is 12.3. The molecule has 1 aromatic carbocycles. The molecule has 0 radical (unpaired) electrons. The standard InChI is InChI=1S/C23H21ClN8O2/c1-13-21(23(33)34-12-24)14(2)32(29-13)20-10-19(26)28-22-15(3)31(30-18(22)8-9-27-20)17-6-4-16(11-25)5-7-17/h4-10,28H,12,26H2,1-3H3. The van der Waals surface area contributed by atoms with E-state index in [1.807, 2.05) is 19.1 Å². The Labute approximate surface area is 199 Å². The summed E-state index contributed by atoms with van der Waals surface area (Å²) in [6.07, 6.45) is 1.59. The molecule has 0 saturated heterocycles. The summed E-state index contributed by atoms with van der Waals surface area (Å²) in [5.74, 6) is 0.149. The average Bonchev–Trinajstić information content (AvgIpc) is 3.30. The Morgan fingerprint density at radius 1 is 1.15 bits per heavy atom. The van der Waals surface area contributed by atoms with Crippen LogP contribution < -0.4 is 5.73 Å². The number of ether oxygens (including phenoxy) is 1. The maximum absolute atomic E-state index is 12.3. The van der Waals surface area contributed by atoms with E-state index in [1.54, 1.807) is 49.0 Å². The van der Waals surface area contributed by atoms with Crippen LogP contribution in [0.15, 0.2) is 42.6 Å². The number of fused-ring (bicyclic) bond motifs is 1. The second-order valence-corrected chi connectivity index (χ2v) is 7.66. The molecule has 0 aliphatic carbocycles. The van der Waals surface area contributed by atoms with Gasteiger partial charge in [-0.2, -0.15) is 15.5 Å². The molecule has 34 heavy (non-hydrogen) atoms. The van der Waals surface area contributed by atoms with Crippen LogP contribution >= 0.6 is 11.6 Å². The van der Waals surface area contributed by atoms with E-state index in [2.05, 4.69) is 26.2 Å². The first-order valence-corrected chi connectivity index (χ1v) is 10.8. The largest absolute Gasteiger partial charge is 0.446 e. The number of alkyl halides is 1. The van der Waals surface area contributed by atoms with Crippen molar-refractivity contribution in [3.05, 3.63) is 70.8 Å². The number of nitrogens with one attached hydrogen (secondary N) is 1. The van der Waals surface area contributed by atoms with Gasteiger partial charge < -0.3 is 15.5 Å². The average molecular weight is 477 g/mol. The lowest BCUT2D eigenvalue weighted by atomic mass is 10.2. The Morgan fingerprint density at radius 3 is 2.56 bits per heavy atom. The molecule has 0 aliphatic rings. The van der Waals surface area contributed by atoms with E-state index in [0.717, 1.165) is 11.4 Å². The number of nitrogen functional groups attached to an aromatic ring is 1. The molecular weight excluding hydrogens is 456 g/mol. The number of aromatic nitrogens is 6. The molecule has 11 heteroatoms. The van der Waals surface area contributed by atoms with Gasteiger partial charge in [-0.3, -0.25) is 0 Å². The van der Waals surface area contributed by atoms with Crippen LogP contribution in [0.1, 0.15) is 33.0 Å². The predicted molar refractivity (Wildman–Crippen MR) is 127 cm³/mol. The van der Waals surface area contributed by atoms with Crippen LogP contribution in [0.2, 0.25) is 0 Å².